The lowest BCUT2D eigenvalue weighted by atomic mass is 10.1. The number of halogens is 3. The molecule has 118 valence electrons. The molecule has 0 aromatic carbocycles. The van der Waals surface area contributed by atoms with Crippen LogP contribution in [0.1, 0.15) is 31.9 Å². The van der Waals surface area contributed by atoms with E-state index in [0.717, 1.165) is 23.6 Å². The molecule has 1 aliphatic heterocycles. The van der Waals surface area contributed by atoms with Crippen molar-refractivity contribution >= 4 is 0 Å². The predicted octanol–water partition coefficient (Wildman–Crippen LogP) is 1.45. The van der Waals surface area contributed by atoms with Gasteiger partial charge in [0.1, 0.15) is 0 Å². The van der Waals surface area contributed by atoms with Crippen LogP contribution in [-0.4, -0.2) is 38.5 Å². The van der Waals surface area contributed by atoms with Crippen LogP contribution in [0, 0.1) is 0 Å². The van der Waals surface area contributed by atoms with Crippen LogP contribution >= 0.6 is 0 Å². The maximum atomic E-state index is 12.6. The number of aliphatic hydroxyl groups is 1. The lowest BCUT2D eigenvalue weighted by molar-refractivity contribution is -0.142. The van der Waals surface area contributed by atoms with Crippen LogP contribution < -0.4 is 5.56 Å². The molecule has 0 amide bonds. The Morgan fingerprint density at radius 3 is 2.81 bits per heavy atom. The van der Waals surface area contributed by atoms with Gasteiger partial charge in [-0.05, 0) is 32.3 Å². The van der Waals surface area contributed by atoms with Gasteiger partial charge in [-0.25, -0.2) is 4.68 Å². The first-order valence-corrected chi connectivity index (χ1v) is 6.85. The Labute approximate surface area is 120 Å². The fraction of sp³-hybridized carbons (Fsp3) is 0.692. The largest absolute Gasteiger partial charge is 0.435 e. The van der Waals surface area contributed by atoms with Crippen molar-refractivity contribution in [2.75, 3.05) is 6.54 Å². The zero-order chi connectivity index (χ0) is 15.6. The summed E-state index contributed by atoms with van der Waals surface area (Å²) in [5.74, 6) is 0. The minimum Gasteiger partial charge on any atom is -0.393 e. The normalized spacial score (nSPS) is 21.7. The molecular formula is C13H18F3N3O2. The molecule has 1 aromatic rings. The van der Waals surface area contributed by atoms with Gasteiger partial charge >= 0.3 is 6.18 Å². The highest BCUT2D eigenvalue weighted by molar-refractivity contribution is 5.04. The van der Waals surface area contributed by atoms with Gasteiger partial charge in [-0.3, -0.25) is 9.69 Å². The first-order chi connectivity index (χ1) is 9.77. The van der Waals surface area contributed by atoms with Crippen LogP contribution in [-0.2, 0) is 12.8 Å². The number of likely N-dealkylation sites (tertiary alicyclic amines) is 1. The number of alkyl halides is 3. The van der Waals surface area contributed by atoms with E-state index in [1.54, 1.807) is 6.92 Å². The summed E-state index contributed by atoms with van der Waals surface area (Å²) in [6.07, 6.45) is -2.77. The minimum atomic E-state index is -4.57. The lowest BCUT2D eigenvalue weighted by Crippen LogP contribution is -2.38. The van der Waals surface area contributed by atoms with Crippen LogP contribution in [0.2, 0.25) is 0 Å². The van der Waals surface area contributed by atoms with Crippen LogP contribution in [0.3, 0.4) is 0 Å². The van der Waals surface area contributed by atoms with E-state index in [0.29, 0.717) is 19.0 Å². The molecule has 0 spiro atoms. The highest BCUT2D eigenvalue weighted by Crippen LogP contribution is 2.26. The van der Waals surface area contributed by atoms with Crippen molar-refractivity contribution in [1.29, 1.82) is 0 Å². The van der Waals surface area contributed by atoms with Crippen molar-refractivity contribution in [2.45, 2.75) is 51.2 Å². The maximum Gasteiger partial charge on any atom is 0.435 e. The fourth-order valence-electron chi connectivity index (χ4n) is 2.62. The first kappa shape index (κ1) is 16.0. The summed E-state index contributed by atoms with van der Waals surface area (Å²) in [4.78, 5) is 13.6. The summed E-state index contributed by atoms with van der Waals surface area (Å²) in [5, 5.41) is 12.8. The molecule has 5 nitrogen and oxygen atoms in total. The lowest BCUT2D eigenvalue weighted by Gasteiger charge is -2.25. The van der Waals surface area contributed by atoms with Gasteiger partial charge in [0.25, 0.3) is 5.56 Å². The average molecular weight is 305 g/mol. The molecule has 0 radical (unpaired) electrons. The van der Waals surface area contributed by atoms with Gasteiger partial charge in [0.15, 0.2) is 5.69 Å². The average Bonchev–Trinajstić information content (AvgIpc) is 2.77. The first-order valence-electron chi connectivity index (χ1n) is 6.85. The predicted molar refractivity (Wildman–Crippen MR) is 69.5 cm³/mol. The number of rotatable bonds is 4. The highest BCUT2D eigenvalue weighted by Gasteiger charge is 2.33. The van der Waals surface area contributed by atoms with Crippen LogP contribution in [0.5, 0.6) is 0 Å². The van der Waals surface area contributed by atoms with Gasteiger partial charge in [-0.15, -0.1) is 0 Å². The van der Waals surface area contributed by atoms with Crippen molar-refractivity contribution in [3.63, 3.8) is 0 Å². The summed E-state index contributed by atoms with van der Waals surface area (Å²) in [5.41, 5.74) is -1.64. The highest BCUT2D eigenvalue weighted by atomic mass is 19.4. The number of nitrogens with zero attached hydrogens (tertiary/aromatic N) is 3. The molecular weight excluding hydrogens is 287 g/mol. The molecule has 1 aromatic heterocycles. The monoisotopic (exact) mass is 305 g/mol. The zero-order valence-electron chi connectivity index (χ0n) is 11.7. The molecule has 1 aliphatic rings. The molecule has 21 heavy (non-hydrogen) atoms. The van der Waals surface area contributed by atoms with Gasteiger partial charge < -0.3 is 5.11 Å². The van der Waals surface area contributed by atoms with E-state index in [-0.39, 0.29) is 12.7 Å². The molecule has 1 N–H and O–H groups in total. The smallest absolute Gasteiger partial charge is 0.393 e. The Morgan fingerprint density at radius 2 is 2.19 bits per heavy atom. The Kier molecular flexibility index (Phi) is 4.67. The second-order valence-electron chi connectivity index (χ2n) is 5.39. The van der Waals surface area contributed by atoms with E-state index >= 15 is 0 Å². The summed E-state index contributed by atoms with van der Waals surface area (Å²) < 4.78 is 38.7. The van der Waals surface area contributed by atoms with Crippen molar-refractivity contribution in [3.8, 4) is 0 Å². The molecule has 1 saturated heterocycles. The molecule has 8 heteroatoms. The summed E-state index contributed by atoms with van der Waals surface area (Å²) in [7, 11) is 0. The molecule has 0 aliphatic carbocycles. The molecule has 2 rings (SSSR count). The third-order valence-corrected chi connectivity index (χ3v) is 3.58. The Morgan fingerprint density at radius 1 is 1.48 bits per heavy atom. The summed E-state index contributed by atoms with van der Waals surface area (Å²) in [6.45, 7) is 2.37. The number of aliphatic hydroxyl groups excluding tert-OH is 1. The van der Waals surface area contributed by atoms with Gasteiger partial charge in [-0.1, -0.05) is 0 Å². The Bertz CT molecular complexity index is 542. The SMILES string of the molecule is CC(O)CC1CCCN1Cn1nc(C(F)(F)F)ccc1=O. The van der Waals surface area contributed by atoms with Gasteiger partial charge in [0.2, 0.25) is 0 Å². The van der Waals surface area contributed by atoms with E-state index in [9.17, 15) is 23.1 Å². The number of aromatic nitrogens is 2. The molecule has 1 fully saturated rings. The van der Waals surface area contributed by atoms with Crippen molar-refractivity contribution in [3.05, 3.63) is 28.2 Å². The topological polar surface area (TPSA) is 58.4 Å². The van der Waals surface area contributed by atoms with Crippen molar-refractivity contribution in [1.82, 2.24) is 14.7 Å². The molecule has 2 atom stereocenters. The third kappa shape index (κ3) is 4.04. The third-order valence-electron chi connectivity index (χ3n) is 3.58. The van der Waals surface area contributed by atoms with E-state index in [1.807, 2.05) is 4.90 Å². The summed E-state index contributed by atoms with van der Waals surface area (Å²) >= 11 is 0. The number of hydrogen-bond acceptors (Lipinski definition) is 4. The van der Waals surface area contributed by atoms with Crippen molar-refractivity contribution in [2.24, 2.45) is 0 Å². The van der Waals surface area contributed by atoms with Crippen LogP contribution in [0.25, 0.3) is 0 Å². The Hall–Kier alpha value is -1.41. The second kappa shape index (κ2) is 6.15. The van der Waals surface area contributed by atoms with Gasteiger partial charge in [0, 0.05) is 18.7 Å². The quantitative estimate of drug-likeness (QED) is 0.915. The standard InChI is InChI=1S/C13H18F3N3O2/c1-9(20)7-10-3-2-6-18(10)8-19-12(21)5-4-11(17-19)13(14,15)16/h4-5,9-10,20H,2-3,6-8H2,1H3. The summed E-state index contributed by atoms with van der Waals surface area (Å²) in [6, 6.07) is 1.64. The second-order valence-corrected chi connectivity index (χ2v) is 5.39. The number of hydrogen-bond donors (Lipinski definition) is 1. The van der Waals surface area contributed by atoms with Crippen molar-refractivity contribution < 1.29 is 18.3 Å². The fourth-order valence-corrected chi connectivity index (χ4v) is 2.62. The Balaban J connectivity index is 2.17. The molecule has 0 bridgehead atoms. The zero-order valence-corrected chi connectivity index (χ0v) is 11.7. The van der Waals surface area contributed by atoms with Gasteiger partial charge in [0.05, 0.1) is 12.8 Å². The van der Waals surface area contributed by atoms with Gasteiger partial charge in [-0.2, -0.15) is 18.3 Å². The minimum absolute atomic E-state index is 0.0140. The molecule has 2 unspecified atom stereocenters. The van der Waals surface area contributed by atoms with Crippen LogP contribution in [0.15, 0.2) is 16.9 Å². The van der Waals surface area contributed by atoms with E-state index in [4.69, 9.17) is 0 Å². The van der Waals surface area contributed by atoms with E-state index in [2.05, 4.69) is 5.10 Å². The molecule has 2 heterocycles. The van der Waals surface area contributed by atoms with E-state index < -0.39 is 23.5 Å². The maximum absolute atomic E-state index is 12.6. The van der Waals surface area contributed by atoms with Crippen LogP contribution in [0.4, 0.5) is 13.2 Å². The van der Waals surface area contributed by atoms with E-state index in [1.165, 1.54) is 0 Å². The molecule has 0 saturated carbocycles.